The third kappa shape index (κ3) is 4.45. The van der Waals surface area contributed by atoms with Gasteiger partial charge in [-0.15, -0.1) is 0 Å². The smallest absolute Gasteiger partial charge is 0.305 e. The molecule has 0 amide bonds. The highest BCUT2D eigenvalue weighted by Gasteiger charge is 2.29. The number of carbonyl (C=O) groups excluding carboxylic acids is 1. The molecule has 3 heterocycles. The molecule has 0 unspecified atom stereocenters. The molecule has 1 atom stereocenters. The molecule has 0 bridgehead atoms. The summed E-state index contributed by atoms with van der Waals surface area (Å²) in [6.07, 6.45) is 8.21. The topological polar surface area (TPSA) is 69.4 Å². The second-order valence-electron chi connectivity index (χ2n) is 6.59. The summed E-state index contributed by atoms with van der Waals surface area (Å²) in [6.45, 7) is 8.27. The number of fused-ring (bicyclic) bond motifs is 1. The fraction of sp³-hybridized carbons (Fsp3) is 0.273. The molecule has 7 heteroatoms. The number of rotatable bonds is 5. The molecule has 0 radical (unpaired) electrons. The molecule has 6 nitrogen and oxygen atoms in total. The molecule has 29 heavy (non-hydrogen) atoms. The van der Waals surface area contributed by atoms with Crippen molar-refractivity contribution in [3.05, 3.63) is 76.6 Å². The van der Waals surface area contributed by atoms with Crippen LogP contribution in [0.2, 0.25) is 0 Å². The van der Waals surface area contributed by atoms with E-state index in [1.54, 1.807) is 12.4 Å². The molecule has 0 spiro atoms. The Morgan fingerprint density at radius 2 is 2.17 bits per heavy atom. The zero-order valence-corrected chi connectivity index (χ0v) is 18.3. The summed E-state index contributed by atoms with van der Waals surface area (Å²) in [5.74, 6) is 0.481. The lowest BCUT2D eigenvalue weighted by atomic mass is 10.0. The Morgan fingerprint density at radius 3 is 2.83 bits per heavy atom. The van der Waals surface area contributed by atoms with Crippen LogP contribution in [-0.2, 0) is 9.53 Å². The van der Waals surface area contributed by atoms with E-state index in [0.717, 1.165) is 33.0 Å². The summed E-state index contributed by atoms with van der Waals surface area (Å²) in [5.41, 5.74) is 4.01. The summed E-state index contributed by atoms with van der Waals surface area (Å²) in [5, 5.41) is 0. The maximum atomic E-state index is 11.8. The number of aliphatic imine (C=N–C) groups is 1. The number of nitrogens with zero attached hydrogens (tertiary/aromatic N) is 4. The van der Waals surface area contributed by atoms with E-state index >= 15 is 0 Å². The highest BCUT2D eigenvalue weighted by molar-refractivity contribution is 9.11. The highest BCUT2D eigenvalue weighted by Crippen LogP contribution is 2.35. The van der Waals surface area contributed by atoms with E-state index in [0.29, 0.717) is 12.1 Å². The minimum absolute atomic E-state index is 0.246. The minimum atomic E-state index is -0.327. The minimum Gasteiger partial charge on any atom is -0.469 e. The molecule has 0 saturated heterocycles. The standard InChI is InChI=1S/C22H23BrN4O2/c1-5-16(23)12-17-15(3)27-14(2)13-25-22(27)19(9-10-20(28)29-4)26-21(17)18-8-6-7-11-24-18/h5-8,11-13,19H,3,9-10H2,1-2,4H3/b16-5+,17-12+/t19-/m0/s1. The quantitative estimate of drug-likeness (QED) is 0.609. The number of esters is 1. The molecular weight excluding hydrogens is 432 g/mol. The van der Waals surface area contributed by atoms with Crippen LogP contribution < -0.4 is 0 Å². The Balaban J connectivity index is 2.21. The van der Waals surface area contributed by atoms with Gasteiger partial charge in [0.2, 0.25) is 0 Å². The maximum absolute atomic E-state index is 11.8. The van der Waals surface area contributed by atoms with Crippen molar-refractivity contribution in [2.24, 2.45) is 4.99 Å². The van der Waals surface area contributed by atoms with Crippen LogP contribution in [0.25, 0.3) is 5.70 Å². The van der Waals surface area contributed by atoms with Crippen LogP contribution in [0, 0.1) is 6.92 Å². The van der Waals surface area contributed by atoms with Crippen LogP contribution in [0.5, 0.6) is 0 Å². The van der Waals surface area contributed by atoms with E-state index in [4.69, 9.17) is 9.73 Å². The second kappa shape index (κ2) is 9.13. The van der Waals surface area contributed by atoms with E-state index in [9.17, 15) is 4.79 Å². The summed E-state index contributed by atoms with van der Waals surface area (Å²) in [4.78, 5) is 25.9. The predicted molar refractivity (Wildman–Crippen MR) is 118 cm³/mol. The average molecular weight is 455 g/mol. The molecule has 0 saturated carbocycles. The molecule has 0 N–H and O–H groups in total. The molecule has 1 aliphatic rings. The molecule has 0 fully saturated rings. The second-order valence-corrected chi connectivity index (χ2v) is 7.51. The Labute approximate surface area is 178 Å². The van der Waals surface area contributed by atoms with Crippen molar-refractivity contribution in [1.82, 2.24) is 14.5 Å². The summed E-state index contributed by atoms with van der Waals surface area (Å²) in [7, 11) is 1.39. The van der Waals surface area contributed by atoms with E-state index in [2.05, 4.69) is 32.5 Å². The van der Waals surface area contributed by atoms with Gasteiger partial charge in [-0.3, -0.25) is 19.3 Å². The lowest BCUT2D eigenvalue weighted by Crippen LogP contribution is -2.11. The summed E-state index contributed by atoms with van der Waals surface area (Å²) < 4.78 is 7.73. The van der Waals surface area contributed by atoms with Gasteiger partial charge in [0.15, 0.2) is 0 Å². The zero-order valence-electron chi connectivity index (χ0n) is 16.7. The van der Waals surface area contributed by atoms with Gasteiger partial charge in [-0.1, -0.05) is 34.7 Å². The number of carbonyl (C=O) groups is 1. The predicted octanol–water partition coefficient (Wildman–Crippen LogP) is 4.78. The number of pyridine rings is 1. The van der Waals surface area contributed by atoms with Crippen LogP contribution in [-0.4, -0.2) is 33.3 Å². The number of hydrogen-bond acceptors (Lipinski definition) is 5. The maximum Gasteiger partial charge on any atom is 0.305 e. The number of ether oxygens (including phenoxy) is 1. The van der Waals surface area contributed by atoms with Crippen LogP contribution in [0.3, 0.4) is 0 Å². The third-order valence-electron chi connectivity index (χ3n) is 4.70. The Morgan fingerprint density at radius 1 is 1.38 bits per heavy atom. The lowest BCUT2D eigenvalue weighted by Gasteiger charge is -2.14. The van der Waals surface area contributed by atoms with Gasteiger partial charge in [-0.05, 0) is 38.5 Å². The first-order valence-electron chi connectivity index (χ1n) is 9.30. The molecule has 0 aliphatic carbocycles. The third-order valence-corrected chi connectivity index (χ3v) is 5.39. The fourth-order valence-electron chi connectivity index (χ4n) is 3.21. The molecule has 0 aromatic carbocycles. The van der Waals surface area contributed by atoms with E-state index in [1.165, 1.54) is 7.11 Å². The SMILES string of the molecule is C=C1/C(=C\C(Br)=C/C)C(c2ccccn2)=N[C@@H](CCC(=O)OC)c2ncc(C)n21. The number of aromatic nitrogens is 3. The van der Waals surface area contributed by atoms with Crippen LogP contribution >= 0.6 is 15.9 Å². The fourth-order valence-corrected chi connectivity index (χ4v) is 3.44. The van der Waals surface area contributed by atoms with E-state index < -0.39 is 0 Å². The van der Waals surface area contributed by atoms with Crippen LogP contribution in [0.4, 0.5) is 0 Å². The van der Waals surface area contributed by atoms with Crippen molar-refractivity contribution < 1.29 is 9.53 Å². The van der Waals surface area contributed by atoms with Gasteiger partial charge < -0.3 is 4.74 Å². The van der Waals surface area contributed by atoms with E-state index in [-0.39, 0.29) is 18.4 Å². The number of hydrogen-bond donors (Lipinski definition) is 0. The van der Waals surface area contributed by atoms with Crippen molar-refractivity contribution in [3.63, 3.8) is 0 Å². The summed E-state index contributed by atoms with van der Waals surface area (Å²) in [6, 6.07) is 5.38. The monoisotopic (exact) mass is 454 g/mol. The van der Waals surface area contributed by atoms with Crippen LogP contribution in [0.15, 0.2) is 64.4 Å². The largest absolute Gasteiger partial charge is 0.469 e. The van der Waals surface area contributed by atoms with Gasteiger partial charge >= 0.3 is 5.97 Å². The highest BCUT2D eigenvalue weighted by atomic mass is 79.9. The molecule has 150 valence electrons. The van der Waals surface area contributed by atoms with Gasteiger partial charge in [0.25, 0.3) is 0 Å². The first-order chi connectivity index (χ1) is 14.0. The van der Waals surface area contributed by atoms with Crippen molar-refractivity contribution >= 4 is 33.3 Å². The van der Waals surface area contributed by atoms with Crippen LogP contribution in [0.1, 0.15) is 43.0 Å². The molecule has 2 aromatic rings. The van der Waals surface area contributed by atoms with Gasteiger partial charge in [0.05, 0.1) is 18.5 Å². The molecule has 2 aromatic heterocycles. The van der Waals surface area contributed by atoms with Gasteiger partial charge in [-0.25, -0.2) is 4.98 Å². The van der Waals surface area contributed by atoms with Crippen molar-refractivity contribution in [3.8, 4) is 0 Å². The number of halogens is 1. The molecule has 3 rings (SSSR count). The number of allylic oxidation sites excluding steroid dienone is 5. The van der Waals surface area contributed by atoms with Gasteiger partial charge in [0.1, 0.15) is 11.9 Å². The average Bonchev–Trinajstić information content (AvgIpc) is 3.08. The van der Waals surface area contributed by atoms with Crippen molar-refractivity contribution in [2.45, 2.75) is 32.7 Å². The Kier molecular flexibility index (Phi) is 6.59. The first kappa shape index (κ1) is 20.9. The van der Waals surface area contributed by atoms with E-state index in [1.807, 2.05) is 48.8 Å². The molecule has 1 aliphatic heterocycles. The Bertz CT molecular complexity index is 1020. The van der Waals surface area contributed by atoms with Crippen molar-refractivity contribution in [1.29, 1.82) is 0 Å². The van der Waals surface area contributed by atoms with Gasteiger partial charge in [-0.2, -0.15) is 0 Å². The zero-order chi connectivity index (χ0) is 21.0. The van der Waals surface area contributed by atoms with Crippen molar-refractivity contribution in [2.75, 3.05) is 7.11 Å². The summed E-state index contributed by atoms with van der Waals surface area (Å²) >= 11 is 3.57. The Hall–Kier alpha value is -2.80. The first-order valence-corrected chi connectivity index (χ1v) is 10.1. The lowest BCUT2D eigenvalue weighted by molar-refractivity contribution is -0.140. The van der Waals surface area contributed by atoms with Gasteiger partial charge in [0, 0.05) is 40.3 Å². The normalized spacial score (nSPS) is 18.3. The number of methoxy groups -OCH3 is 1. The number of imidazole rings is 1. The number of aryl methyl sites for hydroxylation is 1. The molecular formula is C22H23BrN4O2.